The topological polar surface area (TPSA) is 137 Å². The van der Waals surface area contributed by atoms with E-state index in [1.54, 1.807) is 11.0 Å². The zero-order chi connectivity index (χ0) is 36.7. The Labute approximate surface area is 315 Å². The summed E-state index contributed by atoms with van der Waals surface area (Å²) in [5.41, 5.74) is 5.22. The van der Waals surface area contributed by atoms with Crippen molar-refractivity contribution < 1.29 is 19.5 Å². The highest BCUT2D eigenvalue weighted by molar-refractivity contribution is 6.05. The number of anilines is 3. The van der Waals surface area contributed by atoms with Crippen molar-refractivity contribution in [2.75, 3.05) is 74.0 Å². The molecular weight excluding hydrogens is 683 g/mol. The molecule has 6 atom stereocenters. The molecule has 4 saturated heterocycles. The molecule has 1 unspecified atom stereocenters. The minimum Gasteiger partial charge on any atom is -0.507 e. The minimum atomic E-state index is -0.579. The van der Waals surface area contributed by atoms with Gasteiger partial charge in [0.1, 0.15) is 11.8 Å². The van der Waals surface area contributed by atoms with Gasteiger partial charge in [-0.2, -0.15) is 0 Å². The highest BCUT2D eigenvalue weighted by atomic mass is 16.3. The molecule has 0 radical (unpaired) electrons. The van der Waals surface area contributed by atoms with E-state index in [0.29, 0.717) is 47.8 Å². The van der Waals surface area contributed by atoms with E-state index in [1.165, 1.54) is 26.2 Å². The van der Waals surface area contributed by atoms with Crippen LogP contribution in [-0.2, 0) is 16.1 Å². The standard InChI is InChI=1S/C41H49N9O4/c1-24-17-49-28(16-42-39-36(49)15-34(44-45-39)29-4-2-3-5-37(29)51)20-48(24)23-33-31-21-46(22-32(31)33)18-25-10-12-47(13-11-25)27-7-6-26-19-50(41(54)30(26)14-27)35-8-9-38(52)43-40(35)53/h2-7,14-15,24-25,28,31-33,35,51H,8-13,16-23H2,1H3,(H,42,45)(H,43,52,53)/t24-,28-,31-,32+,33+,35?/m0/s1. The van der Waals surface area contributed by atoms with Crippen molar-refractivity contribution in [3.8, 4) is 17.0 Å². The number of hydrogen-bond donors (Lipinski definition) is 3. The third kappa shape index (κ3) is 5.96. The van der Waals surface area contributed by atoms with Gasteiger partial charge in [0.15, 0.2) is 5.82 Å². The summed E-state index contributed by atoms with van der Waals surface area (Å²) < 4.78 is 0. The number of likely N-dealkylation sites (tertiary alicyclic amines) is 1. The number of piperazine rings is 1. The summed E-state index contributed by atoms with van der Waals surface area (Å²) in [7, 11) is 0. The van der Waals surface area contributed by atoms with Crippen molar-refractivity contribution in [1.82, 2.24) is 30.2 Å². The Morgan fingerprint density at radius 1 is 0.870 bits per heavy atom. The number of phenolic OH excluding ortho intramolecular Hbond substituents is 1. The number of piperidine rings is 3. The molecule has 7 heterocycles. The van der Waals surface area contributed by atoms with Crippen molar-refractivity contribution in [3.63, 3.8) is 0 Å². The second kappa shape index (κ2) is 13.2. The summed E-state index contributed by atoms with van der Waals surface area (Å²) in [6, 6.07) is 15.8. The molecule has 13 nitrogen and oxygen atoms in total. The molecule has 3 amide bonds. The van der Waals surface area contributed by atoms with Gasteiger partial charge in [-0.15, -0.1) is 10.2 Å². The van der Waals surface area contributed by atoms with Crippen LogP contribution >= 0.6 is 0 Å². The Morgan fingerprint density at radius 2 is 1.69 bits per heavy atom. The molecule has 0 spiro atoms. The summed E-state index contributed by atoms with van der Waals surface area (Å²) in [4.78, 5) is 49.5. The van der Waals surface area contributed by atoms with Gasteiger partial charge in [0.2, 0.25) is 11.8 Å². The SMILES string of the molecule is C[C@H]1CN2c3cc(-c4ccccc4O)nnc3NC[C@H]2CN1C[C@H]1[C@@H]2CN(CC3CCN(c4ccc5c(c4)C(=O)N(C4CCC(=O)NC4=O)C5)CC3)C[C@@H]21. The first-order chi connectivity index (χ1) is 26.3. The largest absolute Gasteiger partial charge is 0.507 e. The van der Waals surface area contributed by atoms with E-state index >= 15 is 0 Å². The number of hydrogen-bond acceptors (Lipinski definition) is 11. The molecule has 3 N–H and O–H groups in total. The van der Waals surface area contributed by atoms with Gasteiger partial charge >= 0.3 is 0 Å². The number of aromatic nitrogens is 2. The monoisotopic (exact) mass is 731 g/mol. The molecule has 7 aliphatic rings. The normalized spacial score (nSPS) is 29.7. The number of aromatic hydroxyl groups is 1. The lowest BCUT2D eigenvalue weighted by Gasteiger charge is -2.49. The maximum atomic E-state index is 13.4. The van der Waals surface area contributed by atoms with Crippen LogP contribution in [0.15, 0.2) is 48.5 Å². The average Bonchev–Trinajstić information content (AvgIpc) is 3.44. The first kappa shape index (κ1) is 33.8. The maximum Gasteiger partial charge on any atom is 0.255 e. The van der Waals surface area contributed by atoms with Gasteiger partial charge in [-0.3, -0.25) is 24.6 Å². The summed E-state index contributed by atoms with van der Waals surface area (Å²) in [5.74, 6) is 3.45. The Bertz CT molecular complexity index is 1990. The number of fused-ring (bicyclic) bond motifs is 5. The van der Waals surface area contributed by atoms with Crippen molar-refractivity contribution in [1.29, 1.82) is 0 Å². The first-order valence-electron chi connectivity index (χ1n) is 19.9. The lowest BCUT2D eigenvalue weighted by Crippen LogP contribution is -2.61. The smallest absolute Gasteiger partial charge is 0.255 e. The predicted molar refractivity (Wildman–Crippen MR) is 204 cm³/mol. The van der Waals surface area contributed by atoms with Gasteiger partial charge < -0.3 is 30.0 Å². The average molecular weight is 732 g/mol. The molecular formula is C41H49N9O4. The van der Waals surface area contributed by atoms with E-state index in [9.17, 15) is 19.5 Å². The molecule has 54 heavy (non-hydrogen) atoms. The summed E-state index contributed by atoms with van der Waals surface area (Å²) >= 11 is 0. The van der Waals surface area contributed by atoms with Crippen LogP contribution < -0.4 is 20.4 Å². The van der Waals surface area contributed by atoms with Crippen LogP contribution in [0.4, 0.5) is 17.2 Å². The highest BCUT2D eigenvalue weighted by Gasteiger charge is 2.56. The van der Waals surface area contributed by atoms with Gasteiger partial charge in [-0.05, 0) is 85.8 Å². The Morgan fingerprint density at radius 3 is 2.48 bits per heavy atom. The number of nitrogens with zero attached hydrogens (tertiary/aromatic N) is 7. The van der Waals surface area contributed by atoms with Gasteiger partial charge in [-0.25, -0.2) is 0 Å². The van der Waals surface area contributed by atoms with E-state index in [0.717, 1.165) is 86.1 Å². The Hall–Kier alpha value is -4.75. The third-order valence-corrected chi connectivity index (χ3v) is 13.6. The highest BCUT2D eigenvalue weighted by Crippen LogP contribution is 2.53. The fourth-order valence-corrected chi connectivity index (χ4v) is 10.5. The summed E-state index contributed by atoms with van der Waals surface area (Å²) in [5, 5.41) is 25.3. The zero-order valence-corrected chi connectivity index (χ0v) is 30.9. The Balaban J connectivity index is 0.693. The molecule has 282 valence electrons. The second-order valence-corrected chi connectivity index (χ2v) is 16.9. The fourth-order valence-electron chi connectivity index (χ4n) is 10.5. The summed E-state index contributed by atoms with van der Waals surface area (Å²) in [6.45, 7) is 12.5. The maximum absolute atomic E-state index is 13.4. The molecule has 3 aromatic rings. The van der Waals surface area contributed by atoms with E-state index in [1.807, 2.05) is 30.3 Å². The number of amides is 3. The molecule has 6 aliphatic heterocycles. The van der Waals surface area contributed by atoms with Crippen molar-refractivity contribution in [2.24, 2.45) is 23.7 Å². The molecule has 5 fully saturated rings. The summed E-state index contributed by atoms with van der Waals surface area (Å²) in [6.07, 6.45) is 2.96. The minimum absolute atomic E-state index is 0.105. The molecule has 1 saturated carbocycles. The quantitative estimate of drug-likeness (QED) is 0.310. The molecule has 13 heteroatoms. The number of para-hydroxylation sites is 1. The number of carbonyl (C=O) groups is 3. The number of carbonyl (C=O) groups excluding carboxylic acids is 3. The van der Waals surface area contributed by atoms with Gasteiger partial charge in [0.25, 0.3) is 5.91 Å². The number of imide groups is 1. The van der Waals surface area contributed by atoms with Crippen molar-refractivity contribution in [2.45, 2.75) is 57.3 Å². The molecule has 10 rings (SSSR count). The van der Waals surface area contributed by atoms with E-state index in [4.69, 9.17) is 0 Å². The second-order valence-electron chi connectivity index (χ2n) is 16.9. The van der Waals surface area contributed by atoms with Crippen LogP contribution in [-0.4, -0.2) is 125 Å². The van der Waals surface area contributed by atoms with Crippen LogP contribution in [0.25, 0.3) is 11.3 Å². The van der Waals surface area contributed by atoms with E-state index in [-0.39, 0.29) is 29.9 Å². The molecule has 2 aromatic carbocycles. The van der Waals surface area contributed by atoms with Gasteiger partial charge in [0, 0.05) is 94.7 Å². The van der Waals surface area contributed by atoms with Crippen LogP contribution in [0.1, 0.15) is 48.5 Å². The van der Waals surface area contributed by atoms with Crippen LogP contribution in [0, 0.1) is 23.7 Å². The first-order valence-corrected chi connectivity index (χ1v) is 19.9. The lowest BCUT2D eigenvalue weighted by atomic mass is 9.95. The third-order valence-electron chi connectivity index (χ3n) is 13.6. The van der Waals surface area contributed by atoms with Crippen molar-refractivity contribution >= 4 is 34.9 Å². The molecule has 0 bridgehead atoms. The number of phenols is 1. The molecule has 1 aromatic heterocycles. The van der Waals surface area contributed by atoms with E-state index < -0.39 is 6.04 Å². The predicted octanol–water partition coefficient (Wildman–Crippen LogP) is 3.01. The van der Waals surface area contributed by atoms with Crippen LogP contribution in [0.3, 0.4) is 0 Å². The van der Waals surface area contributed by atoms with Crippen LogP contribution in [0.5, 0.6) is 5.75 Å². The fraction of sp³-hybridized carbons (Fsp3) is 0.537. The van der Waals surface area contributed by atoms with Gasteiger partial charge in [-0.1, -0.05) is 18.2 Å². The molecule has 1 aliphatic carbocycles. The number of rotatable bonds is 7. The van der Waals surface area contributed by atoms with Crippen molar-refractivity contribution in [3.05, 3.63) is 59.7 Å². The van der Waals surface area contributed by atoms with E-state index in [2.05, 4.69) is 59.5 Å². The lowest BCUT2D eigenvalue weighted by molar-refractivity contribution is -0.136. The zero-order valence-electron chi connectivity index (χ0n) is 30.9. The van der Waals surface area contributed by atoms with Crippen LogP contribution in [0.2, 0.25) is 0 Å². The number of benzene rings is 2. The number of nitrogens with one attached hydrogen (secondary N) is 2. The van der Waals surface area contributed by atoms with Gasteiger partial charge in [0.05, 0.1) is 17.4 Å². The Kier molecular flexibility index (Phi) is 8.28.